The fraction of sp³-hybridized carbons (Fsp3) is 0.278. The van der Waals surface area contributed by atoms with E-state index in [-0.39, 0.29) is 35.9 Å². The molecule has 25 heavy (non-hydrogen) atoms. The fourth-order valence-electron chi connectivity index (χ4n) is 2.24. The summed E-state index contributed by atoms with van der Waals surface area (Å²) in [5, 5.41) is 7.07. The summed E-state index contributed by atoms with van der Waals surface area (Å²) in [6.07, 6.45) is -0.145. The van der Waals surface area contributed by atoms with Crippen molar-refractivity contribution in [1.82, 2.24) is 10.6 Å². The van der Waals surface area contributed by atoms with Crippen LogP contribution in [0, 0.1) is 5.82 Å². The zero-order chi connectivity index (χ0) is 17.4. The third-order valence-corrected chi connectivity index (χ3v) is 3.79. The molecule has 2 aromatic carbocycles. The number of hydrogen-bond donors (Lipinski definition) is 2. The van der Waals surface area contributed by atoms with Gasteiger partial charge in [-0.2, -0.15) is 0 Å². The molecule has 2 N–H and O–H groups in total. The summed E-state index contributed by atoms with van der Waals surface area (Å²) in [5.41, 5.74) is 1.96. The van der Waals surface area contributed by atoms with Gasteiger partial charge in [-0.15, -0.1) is 24.0 Å². The normalized spacial score (nSPS) is 12.2. The van der Waals surface area contributed by atoms with Crippen molar-refractivity contribution >= 4 is 41.5 Å². The summed E-state index contributed by atoms with van der Waals surface area (Å²) in [4.78, 5) is 4.18. The molecule has 0 aliphatic heterocycles. The number of ether oxygens (including phenoxy) is 1. The van der Waals surface area contributed by atoms with Crippen LogP contribution in [0.3, 0.4) is 0 Å². The number of halogens is 3. The fourth-order valence-corrected chi connectivity index (χ4v) is 2.44. The lowest BCUT2D eigenvalue weighted by Crippen LogP contribution is -2.39. The molecule has 2 aromatic rings. The maximum atomic E-state index is 12.9. The first-order valence-corrected chi connectivity index (χ1v) is 7.97. The smallest absolute Gasteiger partial charge is 0.191 e. The van der Waals surface area contributed by atoms with Crippen LogP contribution < -0.4 is 10.6 Å². The molecule has 0 amide bonds. The van der Waals surface area contributed by atoms with Gasteiger partial charge in [0.25, 0.3) is 0 Å². The topological polar surface area (TPSA) is 45.7 Å². The predicted molar refractivity (Wildman–Crippen MR) is 111 cm³/mol. The van der Waals surface area contributed by atoms with Crippen LogP contribution >= 0.6 is 35.6 Å². The number of nitrogens with one attached hydrogen (secondary N) is 2. The van der Waals surface area contributed by atoms with Gasteiger partial charge in [-0.05, 0) is 35.4 Å². The molecule has 1 unspecified atom stereocenters. The minimum atomic E-state index is -0.245. The Morgan fingerprint density at radius 1 is 1.20 bits per heavy atom. The van der Waals surface area contributed by atoms with E-state index in [9.17, 15) is 4.39 Å². The van der Waals surface area contributed by atoms with Gasteiger partial charge >= 0.3 is 0 Å². The minimum Gasteiger partial charge on any atom is -0.375 e. The molecule has 7 heteroatoms. The van der Waals surface area contributed by atoms with E-state index in [1.807, 2.05) is 24.3 Å². The Hall–Kier alpha value is -1.38. The summed E-state index contributed by atoms with van der Waals surface area (Å²) in [6.45, 7) is 1.09. The molecule has 0 aromatic heterocycles. The van der Waals surface area contributed by atoms with Crippen LogP contribution in [-0.4, -0.2) is 26.7 Å². The summed E-state index contributed by atoms with van der Waals surface area (Å²) in [6, 6.07) is 13.9. The van der Waals surface area contributed by atoms with Gasteiger partial charge in [-0.1, -0.05) is 35.9 Å². The van der Waals surface area contributed by atoms with E-state index in [0.29, 0.717) is 24.1 Å². The number of nitrogens with zero attached hydrogens (tertiary/aromatic N) is 1. The monoisotopic (exact) mass is 477 g/mol. The van der Waals surface area contributed by atoms with E-state index in [2.05, 4.69) is 15.6 Å². The predicted octanol–water partition coefficient (Wildman–Crippen LogP) is 4.15. The number of hydrogen-bond acceptors (Lipinski definition) is 2. The van der Waals surface area contributed by atoms with Gasteiger partial charge in [0.2, 0.25) is 0 Å². The first-order chi connectivity index (χ1) is 11.6. The lowest BCUT2D eigenvalue weighted by Gasteiger charge is -2.19. The molecule has 0 radical (unpaired) electrons. The molecule has 0 bridgehead atoms. The molecule has 0 fully saturated rings. The first kappa shape index (κ1) is 21.7. The zero-order valence-electron chi connectivity index (χ0n) is 14.1. The molecule has 0 aliphatic carbocycles. The zero-order valence-corrected chi connectivity index (χ0v) is 17.2. The van der Waals surface area contributed by atoms with Crippen LogP contribution in [0.25, 0.3) is 0 Å². The molecule has 0 saturated carbocycles. The Morgan fingerprint density at radius 2 is 1.92 bits per heavy atom. The van der Waals surface area contributed by atoms with Crippen molar-refractivity contribution in [1.29, 1.82) is 0 Å². The second-order valence-electron chi connectivity index (χ2n) is 5.21. The maximum Gasteiger partial charge on any atom is 0.191 e. The molecule has 0 saturated heterocycles. The lowest BCUT2D eigenvalue weighted by atomic mass is 10.1. The largest absolute Gasteiger partial charge is 0.375 e. The average Bonchev–Trinajstić information content (AvgIpc) is 2.59. The maximum absolute atomic E-state index is 12.9. The van der Waals surface area contributed by atoms with Crippen LogP contribution in [0.1, 0.15) is 17.2 Å². The van der Waals surface area contributed by atoms with Crippen LogP contribution in [-0.2, 0) is 11.3 Å². The van der Waals surface area contributed by atoms with Crippen molar-refractivity contribution in [2.45, 2.75) is 12.6 Å². The Morgan fingerprint density at radius 3 is 2.52 bits per heavy atom. The van der Waals surface area contributed by atoms with Crippen LogP contribution in [0.15, 0.2) is 53.5 Å². The van der Waals surface area contributed by atoms with E-state index in [1.54, 1.807) is 26.3 Å². The molecular weight excluding hydrogens is 456 g/mol. The number of guanidine groups is 1. The molecule has 136 valence electrons. The number of aliphatic imine (C=N–C) groups is 1. The van der Waals surface area contributed by atoms with Crippen molar-refractivity contribution in [2.75, 3.05) is 20.7 Å². The van der Waals surface area contributed by atoms with Crippen LogP contribution in [0.2, 0.25) is 5.02 Å². The highest BCUT2D eigenvalue weighted by atomic mass is 127. The summed E-state index contributed by atoms with van der Waals surface area (Å²) >= 11 is 6.03. The molecule has 0 aliphatic rings. The second-order valence-corrected chi connectivity index (χ2v) is 5.65. The highest BCUT2D eigenvalue weighted by Crippen LogP contribution is 2.19. The highest BCUT2D eigenvalue weighted by molar-refractivity contribution is 14.0. The Bertz CT molecular complexity index is 682. The van der Waals surface area contributed by atoms with E-state index in [0.717, 1.165) is 11.1 Å². The van der Waals surface area contributed by atoms with Gasteiger partial charge in [-0.25, -0.2) is 4.39 Å². The molecule has 0 heterocycles. The first-order valence-electron chi connectivity index (χ1n) is 7.59. The Kier molecular flexibility index (Phi) is 9.77. The number of rotatable bonds is 6. The van der Waals surface area contributed by atoms with Gasteiger partial charge < -0.3 is 15.4 Å². The quantitative estimate of drug-likeness (QED) is 0.373. The van der Waals surface area contributed by atoms with Gasteiger partial charge in [0, 0.05) is 32.3 Å². The van der Waals surface area contributed by atoms with Crippen molar-refractivity contribution < 1.29 is 9.13 Å². The second kappa shape index (κ2) is 11.3. The van der Waals surface area contributed by atoms with Crippen LogP contribution in [0.5, 0.6) is 0 Å². The Labute approximate surface area is 169 Å². The highest BCUT2D eigenvalue weighted by Gasteiger charge is 2.11. The molecule has 1 atom stereocenters. The SMILES string of the molecule is CN=C(NCc1ccc(F)cc1)NCC(OC)c1cccc(Cl)c1.I. The van der Waals surface area contributed by atoms with Crippen molar-refractivity contribution in [3.63, 3.8) is 0 Å². The van der Waals surface area contributed by atoms with Crippen LogP contribution in [0.4, 0.5) is 4.39 Å². The van der Waals surface area contributed by atoms with E-state index in [1.165, 1.54) is 12.1 Å². The van der Waals surface area contributed by atoms with Crippen molar-refractivity contribution in [3.8, 4) is 0 Å². The molecule has 4 nitrogen and oxygen atoms in total. The van der Waals surface area contributed by atoms with Crippen molar-refractivity contribution in [3.05, 3.63) is 70.5 Å². The van der Waals surface area contributed by atoms with Gasteiger partial charge in [0.05, 0.1) is 6.10 Å². The Balaban J connectivity index is 0.00000312. The summed E-state index contributed by atoms with van der Waals surface area (Å²) in [7, 11) is 3.35. The minimum absolute atomic E-state index is 0. The van der Waals surface area contributed by atoms with Gasteiger partial charge in [0.15, 0.2) is 5.96 Å². The average molecular weight is 478 g/mol. The molecule has 0 spiro atoms. The lowest BCUT2D eigenvalue weighted by molar-refractivity contribution is 0.106. The third-order valence-electron chi connectivity index (χ3n) is 3.56. The standard InChI is InChI=1S/C18H21ClFN3O.HI/c1-21-18(22-11-13-6-8-16(20)9-7-13)23-12-17(24-2)14-4-3-5-15(19)10-14;/h3-10,17H,11-12H2,1-2H3,(H2,21,22,23);1H. The van der Waals surface area contributed by atoms with E-state index in [4.69, 9.17) is 16.3 Å². The summed E-state index contributed by atoms with van der Waals surface area (Å²) < 4.78 is 18.4. The molecule has 2 rings (SSSR count). The van der Waals surface area contributed by atoms with E-state index >= 15 is 0 Å². The van der Waals surface area contributed by atoms with Gasteiger partial charge in [0.1, 0.15) is 5.82 Å². The van der Waals surface area contributed by atoms with E-state index < -0.39 is 0 Å². The van der Waals surface area contributed by atoms with Gasteiger partial charge in [-0.3, -0.25) is 4.99 Å². The summed E-state index contributed by atoms with van der Waals surface area (Å²) in [5.74, 6) is 0.397. The molecular formula is C18H22ClFIN3O. The number of methoxy groups -OCH3 is 1. The third kappa shape index (κ3) is 7.17. The van der Waals surface area contributed by atoms with Crippen molar-refractivity contribution in [2.24, 2.45) is 4.99 Å². The number of benzene rings is 2.